The average molecular weight is 377 g/mol. The number of benzene rings is 2. The Morgan fingerprint density at radius 3 is 2.60 bits per heavy atom. The third-order valence-corrected chi connectivity index (χ3v) is 4.14. The summed E-state index contributed by atoms with van der Waals surface area (Å²) in [5.41, 5.74) is 1.02. The first kappa shape index (κ1) is 17.5. The Kier molecular flexibility index (Phi) is 4.84. The molecule has 0 atom stereocenters. The lowest BCUT2D eigenvalue weighted by Gasteiger charge is -2.07. The van der Waals surface area contributed by atoms with Crippen molar-refractivity contribution in [2.45, 2.75) is 13.8 Å². The fraction of sp³-hybridized carbons (Fsp3) is 0.158. The van der Waals surface area contributed by atoms with E-state index in [0.717, 1.165) is 0 Å². The largest absolute Gasteiger partial charge is 0.452 e. The molecule has 3 rings (SSSR count). The number of fused-ring (bicyclic) bond motifs is 1. The normalized spacial score (nSPS) is 14.6. The Hall–Kier alpha value is -2.30. The Labute approximate surface area is 155 Å². The first-order valence-corrected chi connectivity index (χ1v) is 8.36. The quantitative estimate of drug-likeness (QED) is 0.421. The molecule has 0 saturated heterocycles. The van der Waals surface area contributed by atoms with Crippen LogP contribution in [0, 0.1) is 5.92 Å². The predicted molar refractivity (Wildman–Crippen MR) is 96.3 cm³/mol. The van der Waals surface area contributed by atoms with Crippen LogP contribution in [0.3, 0.4) is 0 Å². The van der Waals surface area contributed by atoms with Gasteiger partial charge in [0, 0.05) is 16.1 Å². The van der Waals surface area contributed by atoms with E-state index in [1.807, 2.05) is 0 Å². The lowest BCUT2D eigenvalue weighted by Crippen LogP contribution is -2.14. The van der Waals surface area contributed by atoms with Gasteiger partial charge in [-0.25, -0.2) is 0 Å². The summed E-state index contributed by atoms with van der Waals surface area (Å²) in [6.07, 6.45) is 1.56. The second kappa shape index (κ2) is 6.90. The summed E-state index contributed by atoms with van der Waals surface area (Å²) >= 11 is 12.0. The average Bonchev–Trinajstić information content (AvgIpc) is 2.85. The van der Waals surface area contributed by atoms with Gasteiger partial charge in [-0.1, -0.05) is 43.1 Å². The SMILES string of the molecule is CC(C)C(=O)Oc1ccc2c(c1)OC(=Cc1ccc(Cl)cc1Cl)C2=O. The number of Topliss-reactive ketones (excluding diaryl/α,β-unsaturated/α-hetero) is 1. The van der Waals surface area contributed by atoms with Crippen LogP contribution < -0.4 is 9.47 Å². The van der Waals surface area contributed by atoms with Crippen molar-refractivity contribution >= 4 is 41.0 Å². The number of allylic oxidation sites excluding steroid dienone is 1. The summed E-state index contributed by atoms with van der Waals surface area (Å²) in [6, 6.07) is 9.63. The molecule has 25 heavy (non-hydrogen) atoms. The van der Waals surface area contributed by atoms with Gasteiger partial charge < -0.3 is 9.47 Å². The van der Waals surface area contributed by atoms with Crippen molar-refractivity contribution in [3.8, 4) is 11.5 Å². The predicted octanol–water partition coefficient (Wildman–Crippen LogP) is 5.17. The van der Waals surface area contributed by atoms with Crippen LogP contribution in [0.25, 0.3) is 6.08 Å². The van der Waals surface area contributed by atoms with Crippen LogP contribution in [-0.2, 0) is 4.79 Å². The molecule has 0 amide bonds. The summed E-state index contributed by atoms with van der Waals surface area (Å²) in [7, 11) is 0. The molecule has 4 nitrogen and oxygen atoms in total. The lowest BCUT2D eigenvalue weighted by atomic mass is 10.1. The number of carbonyl (C=O) groups excluding carboxylic acids is 2. The smallest absolute Gasteiger partial charge is 0.313 e. The first-order valence-electron chi connectivity index (χ1n) is 7.60. The molecule has 0 aromatic heterocycles. The van der Waals surface area contributed by atoms with Crippen LogP contribution in [0.15, 0.2) is 42.2 Å². The van der Waals surface area contributed by atoms with E-state index < -0.39 is 0 Å². The van der Waals surface area contributed by atoms with E-state index in [-0.39, 0.29) is 23.4 Å². The minimum atomic E-state index is -0.354. The zero-order valence-electron chi connectivity index (χ0n) is 13.5. The molecule has 1 heterocycles. The van der Waals surface area contributed by atoms with E-state index in [1.54, 1.807) is 50.3 Å². The topological polar surface area (TPSA) is 52.6 Å². The molecule has 6 heteroatoms. The van der Waals surface area contributed by atoms with Crippen LogP contribution in [0.5, 0.6) is 11.5 Å². The number of ketones is 1. The molecule has 1 aliphatic rings. The Morgan fingerprint density at radius 2 is 1.92 bits per heavy atom. The van der Waals surface area contributed by atoms with Crippen LogP contribution in [0.4, 0.5) is 0 Å². The van der Waals surface area contributed by atoms with Crippen LogP contribution in [0.1, 0.15) is 29.8 Å². The van der Waals surface area contributed by atoms with Gasteiger partial charge in [0.25, 0.3) is 0 Å². The highest BCUT2D eigenvalue weighted by molar-refractivity contribution is 6.35. The molecular formula is C19H14Cl2O4. The van der Waals surface area contributed by atoms with E-state index in [1.165, 1.54) is 6.07 Å². The minimum Gasteiger partial charge on any atom is -0.452 e. The number of hydrogen-bond donors (Lipinski definition) is 0. The van der Waals surface area contributed by atoms with Crippen molar-refractivity contribution in [2.75, 3.05) is 0 Å². The number of carbonyl (C=O) groups is 2. The number of hydrogen-bond acceptors (Lipinski definition) is 4. The van der Waals surface area contributed by atoms with Crippen LogP contribution in [0.2, 0.25) is 10.0 Å². The molecule has 0 N–H and O–H groups in total. The van der Waals surface area contributed by atoms with E-state index in [2.05, 4.69) is 0 Å². The highest BCUT2D eigenvalue weighted by Gasteiger charge is 2.28. The highest BCUT2D eigenvalue weighted by Crippen LogP contribution is 2.35. The molecule has 0 aliphatic carbocycles. The zero-order chi connectivity index (χ0) is 18.1. The number of esters is 1. The van der Waals surface area contributed by atoms with E-state index in [9.17, 15) is 9.59 Å². The molecule has 0 radical (unpaired) electrons. The van der Waals surface area contributed by atoms with Crippen molar-refractivity contribution in [1.82, 2.24) is 0 Å². The van der Waals surface area contributed by atoms with Gasteiger partial charge >= 0.3 is 5.97 Å². The maximum Gasteiger partial charge on any atom is 0.313 e. The molecule has 0 saturated carbocycles. The number of halogens is 2. The Balaban J connectivity index is 1.88. The van der Waals surface area contributed by atoms with E-state index in [0.29, 0.717) is 32.7 Å². The van der Waals surface area contributed by atoms with Crippen molar-refractivity contribution < 1.29 is 19.1 Å². The standard InChI is InChI=1S/C19H14Cl2O4/c1-10(2)19(23)24-13-5-6-14-16(9-13)25-17(18(14)22)7-11-3-4-12(20)8-15(11)21/h3-10H,1-2H3. The second-order valence-electron chi connectivity index (χ2n) is 5.84. The zero-order valence-corrected chi connectivity index (χ0v) is 15.0. The van der Waals surface area contributed by atoms with E-state index >= 15 is 0 Å². The maximum absolute atomic E-state index is 12.5. The molecule has 0 unspecified atom stereocenters. The maximum atomic E-state index is 12.5. The van der Waals surface area contributed by atoms with Crippen LogP contribution >= 0.6 is 23.2 Å². The lowest BCUT2D eigenvalue weighted by molar-refractivity contribution is -0.137. The minimum absolute atomic E-state index is 0.145. The van der Waals surface area contributed by atoms with Crippen LogP contribution in [-0.4, -0.2) is 11.8 Å². The van der Waals surface area contributed by atoms with Gasteiger partial charge in [-0.15, -0.1) is 0 Å². The van der Waals surface area contributed by atoms with Crippen molar-refractivity contribution in [3.63, 3.8) is 0 Å². The Bertz CT molecular complexity index is 900. The second-order valence-corrected chi connectivity index (χ2v) is 6.68. The van der Waals surface area contributed by atoms with Gasteiger partial charge in [0.1, 0.15) is 11.5 Å². The summed E-state index contributed by atoms with van der Waals surface area (Å²) in [6.45, 7) is 3.48. The fourth-order valence-corrected chi connectivity index (χ4v) is 2.69. The Morgan fingerprint density at radius 1 is 1.16 bits per heavy atom. The van der Waals surface area contributed by atoms with E-state index in [4.69, 9.17) is 32.7 Å². The monoisotopic (exact) mass is 376 g/mol. The molecule has 0 fully saturated rings. The van der Waals surface area contributed by atoms with Gasteiger partial charge in [-0.05, 0) is 35.9 Å². The van der Waals surface area contributed by atoms with Gasteiger partial charge in [0.2, 0.25) is 5.78 Å². The summed E-state index contributed by atoms with van der Waals surface area (Å²) in [5, 5.41) is 0.921. The van der Waals surface area contributed by atoms with Crippen molar-refractivity contribution in [2.24, 2.45) is 5.92 Å². The summed E-state index contributed by atoms with van der Waals surface area (Å²) < 4.78 is 10.9. The third kappa shape index (κ3) is 3.70. The third-order valence-electron chi connectivity index (χ3n) is 3.58. The highest BCUT2D eigenvalue weighted by atomic mass is 35.5. The number of ether oxygens (including phenoxy) is 2. The fourth-order valence-electron chi connectivity index (χ4n) is 2.22. The van der Waals surface area contributed by atoms with Crippen molar-refractivity contribution in [3.05, 3.63) is 63.3 Å². The van der Waals surface area contributed by atoms with Gasteiger partial charge in [0.05, 0.1) is 11.5 Å². The molecule has 0 bridgehead atoms. The molecule has 2 aromatic carbocycles. The van der Waals surface area contributed by atoms with Gasteiger partial charge in [-0.3, -0.25) is 9.59 Å². The van der Waals surface area contributed by atoms with Crippen molar-refractivity contribution in [1.29, 1.82) is 0 Å². The number of rotatable bonds is 3. The molecule has 128 valence electrons. The summed E-state index contributed by atoms with van der Waals surface area (Å²) in [5.74, 6) is -0.0491. The molecule has 0 spiro atoms. The van der Waals surface area contributed by atoms with Gasteiger partial charge in [-0.2, -0.15) is 0 Å². The molecule has 1 aliphatic heterocycles. The summed E-state index contributed by atoms with van der Waals surface area (Å²) in [4.78, 5) is 24.1. The molecule has 2 aromatic rings. The van der Waals surface area contributed by atoms with Gasteiger partial charge in [0.15, 0.2) is 5.76 Å². The first-order chi connectivity index (χ1) is 11.8. The molecular weight excluding hydrogens is 363 g/mol.